The minimum atomic E-state index is 0. The van der Waals surface area contributed by atoms with E-state index in [0.29, 0.717) is 23.0 Å². The van der Waals surface area contributed by atoms with Crippen LogP contribution in [0.4, 0.5) is 5.69 Å². The molecule has 0 atom stereocenters. The average Bonchev–Trinajstić information content (AvgIpc) is 3.88. The topological polar surface area (TPSA) is 55.2 Å². The van der Waals surface area contributed by atoms with Crippen LogP contribution in [0.2, 0.25) is 0 Å². The summed E-state index contributed by atoms with van der Waals surface area (Å²) in [5.74, 6) is 2.29. The molecule has 3 aromatic heterocycles. The molecule has 9 heteroatoms. The molecule has 7 aromatic rings. The van der Waals surface area contributed by atoms with E-state index < -0.39 is 0 Å². The summed E-state index contributed by atoms with van der Waals surface area (Å²) in [6, 6.07) is 54.3. The fraction of sp³-hybridized carbons (Fsp3) is 0.0227. The first-order valence-corrected chi connectivity index (χ1v) is 15.9. The fourth-order valence-corrected chi connectivity index (χ4v) is 5.19. The summed E-state index contributed by atoms with van der Waals surface area (Å²) >= 11 is 0. The number of para-hydroxylation sites is 1. The van der Waals surface area contributed by atoms with Crippen LogP contribution >= 0.6 is 0 Å². The second-order valence-corrected chi connectivity index (χ2v) is 11.0. The normalized spacial score (nSPS) is 11.0. The minimum absolute atomic E-state index is 0. The van der Waals surface area contributed by atoms with Crippen LogP contribution in [0.3, 0.4) is 0 Å². The second kappa shape index (κ2) is 18.6. The zero-order valence-electron chi connectivity index (χ0n) is 28.0. The minimum Gasteiger partial charge on any atom is -0.669 e. The summed E-state index contributed by atoms with van der Waals surface area (Å²) in [6.07, 6.45) is 19.1. The van der Waals surface area contributed by atoms with Crippen LogP contribution in [0.25, 0.3) is 33.5 Å². The molecule has 0 aliphatic carbocycles. The summed E-state index contributed by atoms with van der Waals surface area (Å²) in [5.41, 5.74) is 5.73. The van der Waals surface area contributed by atoms with Gasteiger partial charge in [-0.15, -0.1) is 48.0 Å². The van der Waals surface area contributed by atoms with Crippen LogP contribution in [0.5, 0.6) is 23.0 Å². The third-order valence-corrected chi connectivity index (χ3v) is 7.49. The van der Waals surface area contributed by atoms with Crippen molar-refractivity contribution in [2.75, 3.05) is 7.05 Å². The first-order chi connectivity index (χ1) is 25.1. The average molecular weight is 1050 g/mol. The molecule has 0 N–H and O–H groups in total. The molecule has 8 rings (SSSR count). The Kier molecular flexibility index (Phi) is 13.4. The van der Waals surface area contributed by atoms with Crippen LogP contribution in [-0.4, -0.2) is 36.7 Å². The van der Waals surface area contributed by atoms with Gasteiger partial charge in [-0.3, -0.25) is 16.1 Å². The molecular formula is C44H27N5O2Pt2+2. The van der Waals surface area contributed by atoms with Crippen molar-refractivity contribution in [1.29, 1.82) is 0 Å². The quantitative estimate of drug-likeness (QED) is 0.0868. The van der Waals surface area contributed by atoms with E-state index >= 15 is 0 Å². The van der Waals surface area contributed by atoms with E-state index in [-0.39, 0.29) is 42.1 Å². The molecule has 0 spiro atoms. The SMILES string of the molecule is C[N+]1=C=[N+](c2[c-]c(Oc3[c-]c(-c4nc[c-]c(-c5[c-]c(Oc6[c-]cccc6)ccc5)c4-c4ccncc4)ccc3)ccc2)C=C1.[C-]#Cn1cccc1.[Pt+2].[Pt+4]. The van der Waals surface area contributed by atoms with Gasteiger partial charge in [-0.25, -0.2) is 18.2 Å². The molecule has 0 saturated heterocycles. The number of hydrogen-bond donors (Lipinski definition) is 0. The molecule has 7 nitrogen and oxygen atoms in total. The predicted octanol–water partition coefficient (Wildman–Crippen LogP) is 8.89. The van der Waals surface area contributed by atoms with Crippen LogP contribution in [-0.2, 0) is 42.1 Å². The summed E-state index contributed by atoms with van der Waals surface area (Å²) in [5, 5.41) is 0. The maximum Gasteiger partial charge on any atom is 4.00 e. The van der Waals surface area contributed by atoms with E-state index in [1.807, 2.05) is 132 Å². The Bertz CT molecular complexity index is 2430. The molecule has 0 fully saturated rings. The molecule has 0 bridgehead atoms. The van der Waals surface area contributed by atoms with Gasteiger partial charge >= 0.3 is 48.1 Å². The maximum atomic E-state index is 6.57. The summed E-state index contributed by atoms with van der Waals surface area (Å²) < 4.78 is 17.5. The predicted molar refractivity (Wildman–Crippen MR) is 193 cm³/mol. The molecule has 4 aromatic carbocycles. The van der Waals surface area contributed by atoms with Crippen LogP contribution < -0.4 is 9.47 Å². The molecule has 0 amide bonds. The smallest absolute Gasteiger partial charge is 0.669 e. The standard InChI is InChI=1S/C38H23N4O2.C6H4N.2Pt/c1-41-22-23-42(27-41)31-10-7-15-35(26-31)44-34-14-6-9-30(25-34)38-37(28-16-19-39-20-17-28)36(18-21-40-38)29-8-5-13-33(24-29)43-32-11-3-2-4-12-32;1-2-7-5-3-4-6-7;;/h2-11,13-17,19-23H,1H3;3-6H;;/q-3;-1;+2;+4. The van der Waals surface area contributed by atoms with Gasteiger partial charge in [0.25, 0.3) is 6.20 Å². The van der Waals surface area contributed by atoms with Crippen LogP contribution in [0, 0.1) is 42.8 Å². The zero-order valence-corrected chi connectivity index (χ0v) is 32.6. The molecule has 4 heterocycles. The van der Waals surface area contributed by atoms with E-state index in [1.54, 1.807) is 35.6 Å². The summed E-state index contributed by atoms with van der Waals surface area (Å²) in [7, 11) is 1.92. The van der Waals surface area contributed by atoms with Crippen molar-refractivity contribution < 1.29 is 60.8 Å². The van der Waals surface area contributed by atoms with Gasteiger partial charge < -0.3 is 25.4 Å². The van der Waals surface area contributed by atoms with Crippen molar-refractivity contribution in [3.05, 3.63) is 183 Å². The zero-order chi connectivity index (χ0) is 34.8. The number of benzene rings is 4. The third kappa shape index (κ3) is 9.72. The first-order valence-electron chi connectivity index (χ1n) is 15.9. The van der Waals surface area contributed by atoms with Gasteiger partial charge in [0, 0.05) is 47.8 Å². The Morgan fingerprint density at radius 3 is 2.06 bits per heavy atom. The van der Waals surface area contributed by atoms with Crippen molar-refractivity contribution >= 4 is 11.7 Å². The monoisotopic (exact) mass is 1050 g/mol. The van der Waals surface area contributed by atoms with Gasteiger partial charge in [-0.2, -0.15) is 42.0 Å². The molecular weight excluding hydrogens is 1020 g/mol. The number of aromatic nitrogens is 3. The fourth-order valence-electron chi connectivity index (χ4n) is 5.19. The largest absolute Gasteiger partial charge is 4.00 e. The number of pyridine rings is 2. The Hall–Kier alpha value is -5.88. The Morgan fingerprint density at radius 2 is 1.40 bits per heavy atom. The number of hydrogen-bond acceptors (Lipinski definition) is 4. The van der Waals surface area contributed by atoms with Gasteiger partial charge in [0.1, 0.15) is 5.69 Å². The summed E-state index contributed by atoms with van der Waals surface area (Å²) in [4.78, 5) is 9.00. The van der Waals surface area contributed by atoms with E-state index in [1.165, 1.54) is 0 Å². The van der Waals surface area contributed by atoms with Crippen molar-refractivity contribution in [3.8, 4) is 62.6 Å². The van der Waals surface area contributed by atoms with Crippen LogP contribution in [0.1, 0.15) is 0 Å². The molecule has 53 heavy (non-hydrogen) atoms. The second-order valence-electron chi connectivity index (χ2n) is 11.0. The van der Waals surface area contributed by atoms with Crippen LogP contribution in [0.15, 0.2) is 147 Å². The Balaban J connectivity index is 0.000000542. The van der Waals surface area contributed by atoms with Crippen molar-refractivity contribution in [2.45, 2.75) is 0 Å². The first kappa shape index (κ1) is 38.3. The van der Waals surface area contributed by atoms with Gasteiger partial charge in [-0.05, 0) is 24.3 Å². The van der Waals surface area contributed by atoms with Crippen molar-refractivity contribution in [1.82, 2.24) is 14.5 Å². The van der Waals surface area contributed by atoms with E-state index in [2.05, 4.69) is 47.4 Å². The van der Waals surface area contributed by atoms with E-state index in [4.69, 9.17) is 20.9 Å². The molecule has 0 radical (unpaired) electrons. The Labute approximate surface area is 337 Å². The molecule has 0 saturated carbocycles. The maximum absolute atomic E-state index is 6.57. The van der Waals surface area contributed by atoms with E-state index in [9.17, 15) is 0 Å². The third-order valence-electron chi connectivity index (χ3n) is 7.49. The Morgan fingerprint density at radius 1 is 0.736 bits per heavy atom. The van der Waals surface area contributed by atoms with Gasteiger partial charge in [0.15, 0.2) is 7.05 Å². The van der Waals surface area contributed by atoms with Crippen molar-refractivity contribution in [2.24, 2.45) is 0 Å². The molecule has 1 aliphatic rings. The molecule has 258 valence electrons. The van der Waals surface area contributed by atoms with Crippen molar-refractivity contribution in [3.63, 3.8) is 0 Å². The van der Waals surface area contributed by atoms with Gasteiger partial charge in [0.2, 0.25) is 6.20 Å². The van der Waals surface area contributed by atoms with E-state index in [0.717, 1.165) is 39.2 Å². The number of nitrogens with zero attached hydrogens (tertiary/aromatic N) is 5. The number of ether oxygens (including phenoxy) is 2. The number of rotatable bonds is 8. The molecule has 0 unspecified atom stereocenters. The summed E-state index contributed by atoms with van der Waals surface area (Å²) in [6.45, 7) is 0. The molecule has 1 aliphatic heterocycles. The van der Waals surface area contributed by atoms with Gasteiger partial charge in [-0.1, -0.05) is 44.8 Å². The van der Waals surface area contributed by atoms with Gasteiger partial charge in [0.05, 0.1) is 0 Å².